The Hall–Kier alpha value is -1.89. The Morgan fingerprint density at radius 1 is 0.692 bits per heavy atom. The van der Waals surface area contributed by atoms with Crippen molar-refractivity contribution in [3.63, 3.8) is 0 Å². The second kappa shape index (κ2) is 5.09. The lowest BCUT2D eigenvalue weighted by Gasteiger charge is -2.22. The molecule has 0 atom stereocenters. The zero-order valence-corrected chi connectivity index (χ0v) is 15.7. The molecule has 0 saturated heterocycles. The van der Waals surface area contributed by atoms with Crippen LogP contribution in [0.25, 0.3) is 0 Å². The van der Waals surface area contributed by atoms with Gasteiger partial charge in [0.25, 0.3) is 0 Å². The van der Waals surface area contributed by atoms with Crippen molar-refractivity contribution in [3.05, 3.63) is 68.3 Å². The van der Waals surface area contributed by atoms with Crippen molar-refractivity contribution in [2.45, 2.75) is 71.1 Å². The predicted octanol–water partition coefficient (Wildman–Crippen LogP) is 4.75. The first kappa shape index (κ1) is 15.2. The molecule has 0 aliphatic heterocycles. The smallest absolute Gasteiger partial charge is 0.160 e. The Morgan fingerprint density at radius 3 is 1.96 bits per heavy atom. The monoisotopic (exact) mass is 342 g/mol. The zero-order valence-electron chi connectivity index (χ0n) is 15.7. The van der Waals surface area contributed by atoms with E-state index in [1.54, 1.807) is 29.2 Å². The van der Waals surface area contributed by atoms with E-state index in [-0.39, 0.29) is 0 Å². The van der Waals surface area contributed by atoms with Gasteiger partial charge in [-0.2, -0.15) is 0 Å². The Kier molecular flexibility index (Phi) is 2.98. The summed E-state index contributed by atoms with van der Waals surface area (Å²) in [7, 11) is 0. The fourth-order valence-corrected chi connectivity index (χ4v) is 6.65. The van der Waals surface area contributed by atoms with Crippen LogP contribution in [0.2, 0.25) is 0 Å². The van der Waals surface area contributed by atoms with E-state index in [1.807, 2.05) is 0 Å². The molecule has 4 aliphatic rings. The highest BCUT2D eigenvalue weighted by Gasteiger charge is 2.44. The summed E-state index contributed by atoms with van der Waals surface area (Å²) in [5.74, 6) is 0.298. The quantitative estimate of drug-likeness (QED) is 0.684. The number of benzene rings is 2. The summed E-state index contributed by atoms with van der Waals surface area (Å²) in [6.45, 7) is 1.78. The second-order valence-corrected chi connectivity index (χ2v) is 9.39. The molecule has 0 saturated carbocycles. The highest BCUT2D eigenvalue weighted by Crippen LogP contribution is 2.50. The van der Waals surface area contributed by atoms with Crippen LogP contribution in [0.3, 0.4) is 0 Å². The van der Waals surface area contributed by atoms with Gasteiger partial charge in [0.2, 0.25) is 0 Å². The first-order chi connectivity index (χ1) is 12.6. The lowest BCUT2D eigenvalue weighted by Crippen LogP contribution is -2.21. The summed E-state index contributed by atoms with van der Waals surface area (Å²) in [6.07, 6.45) is 12.1. The maximum Gasteiger partial charge on any atom is 0.160 e. The summed E-state index contributed by atoms with van der Waals surface area (Å²) < 4.78 is 0. The van der Waals surface area contributed by atoms with Crippen LogP contribution in [0, 0.1) is 5.41 Å². The predicted molar refractivity (Wildman–Crippen MR) is 104 cm³/mol. The molecule has 4 aliphatic carbocycles. The molecule has 1 nitrogen and oxygen atoms in total. The molecule has 6 rings (SSSR count). The van der Waals surface area contributed by atoms with Gasteiger partial charge in [-0.15, -0.1) is 0 Å². The molecular weight excluding hydrogens is 316 g/mol. The topological polar surface area (TPSA) is 17.1 Å². The van der Waals surface area contributed by atoms with E-state index in [0.717, 1.165) is 18.4 Å². The highest BCUT2D eigenvalue weighted by molar-refractivity contribution is 5.98. The maximum atomic E-state index is 12.5. The minimum absolute atomic E-state index is 0.298. The molecular formula is C25H26O. The van der Waals surface area contributed by atoms with Crippen molar-refractivity contribution < 1.29 is 4.79 Å². The molecule has 0 unspecified atom stereocenters. The first-order valence-corrected chi connectivity index (χ1v) is 10.4. The molecule has 0 aromatic heterocycles. The summed E-state index contributed by atoms with van der Waals surface area (Å²) in [5, 5.41) is 0. The van der Waals surface area contributed by atoms with Crippen LogP contribution >= 0.6 is 0 Å². The van der Waals surface area contributed by atoms with Gasteiger partial charge >= 0.3 is 0 Å². The zero-order chi connectivity index (χ0) is 17.5. The van der Waals surface area contributed by atoms with E-state index >= 15 is 0 Å². The van der Waals surface area contributed by atoms with E-state index in [9.17, 15) is 4.79 Å². The number of ketones is 1. The molecule has 0 fully saturated rings. The van der Waals surface area contributed by atoms with Gasteiger partial charge in [0, 0.05) is 5.56 Å². The fourth-order valence-electron chi connectivity index (χ4n) is 6.65. The van der Waals surface area contributed by atoms with Crippen LogP contribution < -0.4 is 0 Å². The molecule has 1 heteroatoms. The van der Waals surface area contributed by atoms with E-state index in [2.05, 4.69) is 18.2 Å². The molecule has 1 spiro atoms. The van der Waals surface area contributed by atoms with Gasteiger partial charge in [-0.25, -0.2) is 0 Å². The van der Waals surface area contributed by atoms with Crippen molar-refractivity contribution in [2.24, 2.45) is 5.41 Å². The van der Waals surface area contributed by atoms with Gasteiger partial charge in [-0.3, -0.25) is 4.79 Å². The fraction of sp³-hybridized carbons (Fsp3) is 0.480. The van der Waals surface area contributed by atoms with Crippen LogP contribution in [0.1, 0.15) is 74.6 Å². The SMILES string of the molecule is CC(=O)c1c2c(cc3c1CC1(Cc4cc5c(cc4C1)CCC5)C3)CCC2. The Morgan fingerprint density at radius 2 is 1.27 bits per heavy atom. The van der Waals surface area contributed by atoms with E-state index in [0.29, 0.717) is 11.2 Å². The van der Waals surface area contributed by atoms with Crippen LogP contribution in [0.15, 0.2) is 18.2 Å². The van der Waals surface area contributed by atoms with Gasteiger partial charge < -0.3 is 0 Å². The normalized spacial score (nSPS) is 21.0. The van der Waals surface area contributed by atoms with Crippen molar-refractivity contribution in [1.29, 1.82) is 0 Å². The van der Waals surface area contributed by atoms with Crippen molar-refractivity contribution >= 4 is 5.78 Å². The molecule has 2 aromatic carbocycles. The lowest BCUT2D eigenvalue weighted by molar-refractivity contribution is 0.101. The average Bonchev–Trinajstić information content (AvgIpc) is 3.33. The van der Waals surface area contributed by atoms with Crippen LogP contribution in [0.5, 0.6) is 0 Å². The largest absolute Gasteiger partial charge is 0.294 e. The number of hydrogen-bond acceptors (Lipinski definition) is 1. The van der Waals surface area contributed by atoms with E-state index in [1.165, 1.54) is 73.6 Å². The lowest BCUT2D eigenvalue weighted by atomic mass is 9.81. The highest BCUT2D eigenvalue weighted by atomic mass is 16.1. The molecule has 132 valence electrons. The van der Waals surface area contributed by atoms with Crippen molar-refractivity contribution in [2.75, 3.05) is 0 Å². The molecule has 0 bridgehead atoms. The van der Waals surface area contributed by atoms with Crippen LogP contribution in [0.4, 0.5) is 0 Å². The number of Topliss-reactive ketones (excluding diaryl/α,β-unsaturated/α-hetero) is 1. The first-order valence-electron chi connectivity index (χ1n) is 10.4. The van der Waals surface area contributed by atoms with Crippen molar-refractivity contribution in [1.82, 2.24) is 0 Å². The molecule has 0 N–H and O–H groups in total. The minimum atomic E-state index is 0.298. The third-order valence-electron chi connectivity index (χ3n) is 7.61. The Labute approximate surface area is 155 Å². The summed E-state index contributed by atoms with van der Waals surface area (Å²) >= 11 is 0. The number of carbonyl (C=O) groups excluding carboxylic acids is 1. The third kappa shape index (κ3) is 2.00. The Bertz CT molecular complexity index is 945. The standard InChI is InChI=1S/C25H26O/c1-15(26)24-22-7-3-6-18(22)10-21-13-25(14-23(21)24)11-19-8-16-4-2-5-17(16)9-20(19)12-25/h8-10H,2-7,11-14H2,1H3. The number of rotatable bonds is 1. The summed E-state index contributed by atoms with van der Waals surface area (Å²) in [4.78, 5) is 12.5. The molecule has 0 amide bonds. The second-order valence-electron chi connectivity index (χ2n) is 9.39. The number of fused-ring (bicyclic) bond motifs is 4. The van der Waals surface area contributed by atoms with E-state index < -0.39 is 0 Å². The van der Waals surface area contributed by atoms with Crippen molar-refractivity contribution in [3.8, 4) is 0 Å². The number of aryl methyl sites for hydroxylation is 3. The van der Waals surface area contributed by atoms with Gasteiger partial charge in [0.15, 0.2) is 5.78 Å². The molecule has 2 aromatic rings. The van der Waals surface area contributed by atoms with Gasteiger partial charge in [0.05, 0.1) is 0 Å². The molecule has 0 radical (unpaired) electrons. The average molecular weight is 342 g/mol. The molecule has 26 heavy (non-hydrogen) atoms. The summed E-state index contributed by atoms with van der Waals surface area (Å²) in [6, 6.07) is 7.53. The van der Waals surface area contributed by atoms with Gasteiger partial charge in [-0.1, -0.05) is 18.2 Å². The molecule has 0 heterocycles. The van der Waals surface area contributed by atoms with Crippen LogP contribution in [-0.2, 0) is 51.4 Å². The minimum Gasteiger partial charge on any atom is -0.294 e. The number of hydrogen-bond donors (Lipinski definition) is 0. The van der Waals surface area contributed by atoms with Crippen LogP contribution in [-0.4, -0.2) is 5.78 Å². The maximum absolute atomic E-state index is 12.5. The summed E-state index contributed by atoms with van der Waals surface area (Å²) in [5.41, 5.74) is 13.7. The van der Waals surface area contributed by atoms with Gasteiger partial charge in [0.1, 0.15) is 0 Å². The third-order valence-corrected chi connectivity index (χ3v) is 7.61. The van der Waals surface area contributed by atoms with Gasteiger partial charge in [-0.05, 0) is 121 Å². The van der Waals surface area contributed by atoms with E-state index in [4.69, 9.17) is 0 Å². The number of carbonyl (C=O) groups is 1. The Balaban J connectivity index is 1.41.